The monoisotopic (exact) mass is 479 g/mol. The summed E-state index contributed by atoms with van der Waals surface area (Å²) >= 11 is 7.20. The fourth-order valence-corrected chi connectivity index (χ4v) is 3.62. The van der Waals surface area contributed by atoms with Crippen molar-refractivity contribution in [3.63, 3.8) is 0 Å². The molecule has 1 saturated heterocycles. The summed E-state index contributed by atoms with van der Waals surface area (Å²) in [6.07, 6.45) is 0. The molecular formula is C11H18BrN11S3. The molecule has 0 aromatic carbocycles. The maximum absolute atomic E-state index is 5.52. The molecule has 3 aromatic rings. The summed E-state index contributed by atoms with van der Waals surface area (Å²) in [6.45, 7) is 4.20. The largest absolute Gasteiger partial charge is 0.374 e. The number of nitrogens with zero attached hydrogens (tertiary/aromatic N) is 8. The van der Waals surface area contributed by atoms with Crippen molar-refractivity contribution >= 4 is 70.5 Å². The average molecular weight is 480 g/mol. The van der Waals surface area contributed by atoms with Gasteiger partial charge in [-0.25, -0.2) is 0 Å². The van der Waals surface area contributed by atoms with Gasteiger partial charge >= 0.3 is 0 Å². The van der Waals surface area contributed by atoms with Crippen LogP contribution in [0.2, 0.25) is 0 Å². The number of likely N-dealkylation sites (N-methyl/N-ethyl adjacent to an activating group) is 1. The lowest BCUT2D eigenvalue weighted by Gasteiger charge is -2.31. The van der Waals surface area contributed by atoms with Gasteiger partial charge in [0.25, 0.3) is 0 Å². The van der Waals surface area contributed by atoms with E-state index in [0.717, 1.165) is 35.2 Å². The number of rotatable bonds is 1. The highest BCUT2D eigenvalue weighted by Gasteiger charge is 2.16. The van der Waals surface area contributed by atoms with Crippen molar-refractivity contribution < 1.29 is 0 Å². The quantitative estimate of drug-likeness (QED) is 0.453. The van der Waals surface area contributed by atoms with Gasteiger partial charge in [0.1, 0.15) is 5.51 Å². The lowest BCUT2D eigenvalue weighted by molar-refractivity contribution is 0.312. The molecule has 6 N–H and O–H groups in total. The van der Waals surface area contributed by atoms with Gasteiger partial charge in [-0.1, -0.05) is 34.0 Å². The summed E-state index contributed by atoms with van der Waals surface area (Å²) in [5.74, 6) is 0. The van der Waals surface area contributed by atoms with E-state index >= 15 is 0 Å². The number of aromatic nitrogens is 6. The first-order valence-corrected chi connectivity index (χ1v) is 10.5. The number of nitrogens with two attached hydrogens (primary N) is 3. The summed E-state index contributed by atoms with van der Waals surface area (Å²) in [6, 6.07) is 0. The van der Waals surface area contributed by atoms with Gasteiger partial charge < -0.3 is 27.0 Å². The van der Waals surface area contributed by atoms with Crippen molar-refractivity contribution in [1.82, 2.24) is 35.5 Å². The maximum Gasteiger partial charge on any atom is 0.210 e. The molecular weight excluding hydrogens is 462 g/mol. The lowest BCUT2D eigenvalue weighted by atomic mass is 10.3. The molecule has 26 heavy (non-hydrogen) atoms. The molecule has 3 aromatic heterocycles. The average Bonchev–Trinajstić information content (AvgIpc) is 3.34. The number of nitrogen functional groups attached to an aromatic ring is 3. The van der Waals surface area contributed by atoms with Crippen molar-refractivity contribution in [3.05, 3.63) is 9.43 Å². The van der Waals surface area contributed by atoms with Crippen molar-refractivity contribution in [1.29, 1.82) is 0 Å². The standard InChI is InChI=1S/C7H13N5S.C2H2BrN3S.C2H3N3S/c1-11-2-4-12(5-3-11)7-10-9-6(8)13-7;3-1-5-6-2(4)7-1;3-2-5-4-1-6-2/h2-5H2,1H3,(H2,8,9);(H2,4,6);1H,(H2,3,5). The van der Waals surface area contributed by atoms with Crippen LogP contribution in [0.25, 0.3) is 0 Å². The minimum Gasteiger partial charge on any atom is -0.374 e. The van der Waals surface area contributed by atoms with Crippen LogP contribution in [0.1, 0.15) is 0 Å². The zero-order valence-electron chi connectivity index (χ0n) is 13.8. The second-order valence-electron chi connectivity index (χ2n) is 4.88. The predicted molar refractivity (Wildman–Crippen MR) is 110 cm³/mol. The van der Waals surface area contributed by atoms with Crippen LogP contribution in [0, 0.1) is 0 Å². The molecule has 1 fully saturated rings. The van der Waals surface area contributed by atoms with Crippen LogP contribution >= 0.6 is 49.9 Å². The van der Waals surface area contributed by atoms with Gasteiger partial charge in [-0.05, 0) is 23.0 Å². The van der Waals surface area contributed by atoms with Crippen LogP contribution in [-0.4, -0.2) is 68.7 Å². The summed E-state index contributed by atoms with van der Waals surface area (Å²) < 4.78 is 0.727. The van der Waals surface area contributed by atoms with Gasteiger partial charge in [-0.2, -0.15) is 0 Å². The normalized spacial score (nSPS) is 14.2. The third-order valence-corrected chi connectivity index (χ3v) is 5.52. The summed E-state index contributed by atoms with van der Waals surface area (Å²) in [4.78, 5) is 4.54. The molecule has 0 saturated carbocycles. The zero-order valence-corrected chi connectivity index (χ0v) is 17.9. The second-order valence-corrected chi connectivity index (χ2v) is 9.02. The van der Waals surface area contributed by atoms with Gasteiger partial charge in [0.15, 0.2) is 3.92 Å². The van der Waals surface area contributed by atoms with Gasteiger partial charge in [-0.3, -0.25) is 0 Å². The molecule has 0 radical (unpaired) electrons. The van der Waals surface area contributed by atoms with Crippen molar-refractivity contribution in [2.24, 2.45) is 0 Å². The Balaban J connectivity index is 0.000000157. The molecule has 0 unspecified atom stereocenters. The maximum atomic E-state index is 5.52. The Morgan fingerprint density at radius 2 is 1.54 bits per heavy atom. The van der Waals surface area contributed by atoms with Crippen LogP contribution < -0.4 is 22.1 Å². The molecule has 142 valence electrons. The second kappa shape index (κ2) is 10.5. The van der Waals surface area contributed by atoms with Gasteiger partial charge in [-0.15, -0.1) is 30.6 Å². The van der Waals surface area contributed by atoms with Crippen LogP contribution in [0.4, 0.5) is 20.5 Å². The molecule has 0 aliphatic carbocycles. The molecule has 0 atom stereocenters. The molecule has 0 bridgehead atoms. The Kier molecular flexibility index (Phi) is 8.30. The minimum atomic E-state index is 0.492. The molecule has 15 heteroatoms. The van der Waals surface area contributed by atoms with Crippen LogP contribution in [-0.2, 0) is 0 Å². The zero-order chi connectivity index (χ0) is 18.9. The Morgan fingerprint density at radius 1 is 0.885 bits per heavy atom. The van der Waals surface area contributed by atoms with Crippen molar-refractivity contribution in [2.45, 2.75) is 0 Å². The smallest absolute Gasteiger partial charge is 0.210 e. The Morgan fingerprint density at radius 3 is 1.88 bits per heavy atom. The highest BCUT2D eigenvalue weighted by atomic mass is 79.9. The molecule has 4 heterocycles. The molecule has 4 rings (SSSR count). The van der Waals surface area contributed by atoms with Gasteiger partial charge in [0.2, 0.25) is 20.5 Å². The summed E-state index contributed by atoms with van der Waals surface area (Å²) in [7, 11) is 2.13. The van der Waals surface area contributed by atoms with E-state index in [1.807, 2.05) is 0 Å². The summed E-state index contributed by atoms with van der Waals surface area (Å²) in [5, 5.41) is 24.4. The van der Waals surface area contributed by atoms with E-state index in [9.17, 15) is 0 Å². The minimum absolute atomic E-state index is 0.492. The third-order valence-electron chi connectivity index (χ3n) is 3.00. The number of hydrogen-bond donors (Lipinski definition) is 3. The molecule has 1 aliphatic rings. The molecule has 0 spiro atoms. The van der Waals surface area contributed by atoms with E-state index in [-0.39, 0.29) is 0 Å². The number of piperazine rings is 1. The van der Waals surface area contributed by atoms with Crippen molar-refractivity contribution in [3.8, 4) is 0 Å². The first-order valence-electron chi connectivity index (χ1n) is 7.22. The highest BCUT2D eigenvalue weighted by molar-refractivity contribution is 9.11. The van der Waals surface area contributed by atoms with E-state index < -0.39 is 0 Å². The van der Waals surface area contributed by atoms with Crippen molar-refractivity contribution in [2.75, 3.05) is 55.3 Å². The first-order chi connectivity index (χ1) is 12.4. The third kappa shape index (κ3) is 7.28. The lowest BCUT2D eigenvalue weighted by Crippen LogP contribution is -2.44. The first kappa shape index (κ1) is 20.6. The Hall–Kier alpha value is -1.68. The number of anilines is 4. The van der Waals surface area contributed by atoms with Gasteiger partial charge in [0, 0.05) is 26.2 Å². The number of hydrogen-bond acceptors (Lipinski definition) is 14. The van der Waals surface area contributed by atoms with E-state index in [1.54, 1.807) is 5.51 Å². The highest BCUT2D eigenvalue weighted by Crippen LogP contribution is 2.22. The Bertz CT molecular complexity index is 737. The Labute approximate surface area is 170 Å². The molecule has 1 aliphatic heterocycles. The van der Waals surface area contributed by atoms with Crippen LogP contribution in [0.5, 0.6) is 0 Å². The van der Waals surface area contributed by atoms with E-state index in [0.29, 0.717) is 15.4 Å². The van der Waals surface area contributed by atoms with E-state index in [4.69, 9.17) is 17.2 Å². The summed E-state index contributed by atoms with van der Waals surface area (Å²) in [5.41, 5.74) is 17.4. The van der Waals surface area contributed by atoms with E-state index in [2.05, 4.69) is 63.4 Å². The fraction of sp³-hybridized carbons (Fsp3) is 0.455. The molecule has 0 amide bonds. The van der Waals surface area contributed by atoms with Crippen LogP contribution in [0.3, 0.4) is 0 Å². The predicted octanol–water partition coefficient (Wildman–Crippen LogP) is 0.875. The fourth-order valence-electron chi connectivity index (χ4n) is 1.75. The SMILES string of the molecule is CN1CCN(c2nnc(N)s2)CC1.Nc1nnc(Br)s1.Nc1nncs1. The van der Waals surface area contributed by atoms with E-state index in [1.165, 1.54) is 34.0 Å². The number of halogens is 1. The van der Waals surface area contributed by atoms with Gasteiger partial charge in [0.05, 0.1) is 0 Å². The van der Waals surface area contributed by atoms with Crippen LogP contribution in [0.15, 0.2) is 9.43 Å². The molecule has 11 nitrogen and oxygen atoms in total. The topological polar surface area (TPSA) is 162 Å².